The Morgan fingerprint density at radius 2 is 1.80 bits per heavy atom. The van der Waals surface area contributed by atoms with Gasteiger partial charge in [-0.1, -0.05) is 18.2 Å². The molecule has 1 atom stereocenters. The highest BCUT2D eigenvalue weighted by Crippen LogP contribution is 2.56. The molecule has 0 fully saturated rings. The Labute approximate surface area is 167 Å². The normalized spacial score (nSPS) is 21.0. The van der Waals surface area contributed by atoms with E-state index < -0.39 is 17.4 Å². The Hall–Kier alpha value is -3.62. The van der Waals surface area contributed by atoms with E-state index in [-0.39, 0.29) is 30.5 Å². The molecule has 2 N–H and O–H groups in total. The summed E-state index contributed by atoms with van der Waals surface area (Å²) >= 11 is 0. The van der Waals surface area contributed by atoms with E-state index in [4.69, 9.17) is 9.15 Å². The number of furan rings is 1. The lowest BCUT2D eigenvalue weighted by atomic mass is 9.76. The number of para-hydroxylation sites is 1. The number of aromatic hydroxyl groups is 2. The maximum atomic E-state index is 13.1. The number of hydrogen-bond donors (Lipinski definition) is 2. The van der Waals surface area contributed by atoms with Crippen molar-refractivity contribution in [3.8, 4) is 17.2 Å². The minimum absolute atomic E-state index is 0.0859. The average molecular weight is 414 g/mol. The molecule has 3 aromatic rings. The molecule has 0 radical (unpaired) electrons. The van der Waals surface area contributed by atoms with Gasteiger partial charge in [-0.2, -0.15) is 18.2 Å². The van der Waals surface area contributed by atoms with Crippen LogP contribution in [0.25, 0.3) is 0 Å². The van der Waals surface area contributed by atoms with Gasteiger partial charge in [-0.05, 0) is 23.8 Å². The third-order valence-corrected chi connectivity index (χ3v) is 5.87. The van der Waals surface area contributed by atoms with Crippen molar-refractivity contribution in [2.45, 2.75) is 18.1 Å². The van der Waals surface area contributed by atoms with Gasteiger partial charge in [0.05, 0.1) is 6.54 Å². The molecule has 0 saturated heterocycles. The zero-order valence-corrected chi connectivity index (χ0v) is 15.2. The summed E-state index contributed by atoms with van der Waals surface area (Å²) in [6, 6.07) is 11.2. The van der Waals surface area contributed by atoms with Crippen LogP contribution in [0.15, 0.2) is 51.9 Å². The van der Waals surface area contributed by atoms with E-state index in [0.29, 0.717) is 22.7 Å². The van der Waals surface area contributed by atoms with Crippen LogP contribution in [0.2, 0.25) is 0 Å². The molecule has 6 rings (SSSR count). The number of phenolic OH excluding ortho intramolecular Hbond substituents is 2. The largest absolute Gasteiger partial charge is 0.504 e. The molecule has 0 aliphatic carbocycles. The van der Waals surface area contributed by atoms with Gasteiger partial charge in [0.1, 0.15) is 23.6 Å². The molecule has 6 nitrogen and oxygen atoms in total. The fourth-order valence-corrected chi connectivity index (χ4v) is 4.57. The number of phenols is 2. The van der Waals surface area contributed by atoms with Crippen LogP contribution in [-0.2, 0) is 18.1 Å². The van der Waals surface area contributed by atoms with E-state index in [0.717, 1.165) is 17.3 Å². The van der Waals surface area contributed by atoms with E-state index in [2.05, 4.69) is 4.99 Å². The number of nitrogens with zero attached hydrogens (tertiary/aromatic N) is 2. The molecule has 4 heterocycles. The molecule has 0 bridgehead atoms. The number of hydrogen-bond acceptors (Lipinski definition) is 6. The Morgan fingerprint density at radius 3 is 2.60 bits per heavy atom. The molecule has 2 aromatic carbocycles. The second-order valence-electron chi connectivity index (χ2n) is 7.51. The van der Waals surface area contributed by atoms with Crippen LogP contribution in [0, 0.1) is 0 Å². The van der Waals surface area contributed by atoms with Crippen LogP contribution in [0.5, 0.6) is 17.2 Å². The molecule has 9 heteroatoms. The third-order valence-electron chi connectivity index (χ3n) is 5.87. The third kappa shape index (κ3) is 2.01. The number of benzene rings is 2. The molecule has 3 aliphatic rings. The second-order valence-corrected chi connectivity index (χ2v) is 7.51. The van der Waals surface area contributed by atoms with Crippen LogP contribution in [0.4, 0.5) is 24.7 Å². The lowest BCUT2D eigenvalue weighted by Gasteiger charge is -2.29. The highest BCUT2D eigenvalue weighted by atomic mass is 19.4. The summed E-state index contributed by atoms with van der Waals surface area (Å²) < 4.78 is 50.3. The van der Waals surface area contributed by atoms with E-state index in [1.54, 1.807) is 0 Å². The Bertz CT molecular complexity index is 1260. The second kappa shape index (κ2) is 5.29. The zero-order chi connectivity index (χ0) is 20.8. The molecular formula is C21H13F3N2O4. The molecule has 152 valence electrons. The van der Waals surface area contributed by atoms with Crippen molar-refractivity contribution in [1.29, 1.82) is 0 Å². The van der Waals surface area contributed by atoms with Gasteiger partial charge in [-0.3, -0.25) is 0 Å². The predicted octanol–water partition coefficient (Wildman–Crippen LogP) is 4.45. The van der Waals surface area contributed by atoms with Crippen LogP contribution in [-0.4, -0.2) is 22.7 Å². The standard InChI is InChI=1S/C21H13F3N2O4/c22-21(23,24)17-5-10-8-26-13-4-2-1-3-11(13)20(19(26)25-18(10)30-17)9-29-16-7-15(28)14(27)6-12(16)20/h1-7,27-28H,8-9H2. The maximum Gasteiger partial charge on any atom is 0.449 e. The Balaban J connectivity index is 1.62. The van der Waals surface area contributed by atoms with Crippen molar-refractivity contribution in [3.05, 3.63) is 64.9 Å². The number of halogens is 3. The van der Waals surface area contributed by atoms with Gasteiger partial charge in [-0.15, -0.1) is 0 Å². The fraction of sp³-hybridized carbons (Fsp3) is 0.190. The number of aliphatic imine (C=N–C) groups is 1. The minimum atomic E-state index is -4.61. The van der Waals surface area contributed by atoms with Gasteiger partial charge in [0.25, 0.3) is 0 Å². The molecule has 0 saturated carbocycles. The van der Waals surface area contributed by atoms with E-state index in [1.165, 1.54) is 12.1 Å². The SMILES string of the molecule is Oc1cc2c(cc1O)C1(CO2)C2=Nc3oc(C(F)(F)F)cc3CN2c2ccccc21. The van der Waals surface area contributed by atoms with E-state index in [9.17, 15) is 23.4 Å². The monoisotopic (exact) mass is 414 g/mol. The number of fused-ring (bicyclic) bond motifs is 8. The lowest BCUT2D eigenvalue weighted by Crippen LogP contribution is -2.43. The molecule has 0 amide bonds. The summed E-state index contributed by atoms with van der Waals surface area (Å²) in [5.74, 6) is -0.969. The van der Waals surface area contributed by atoms with Crippen molar-refractivity contribution >= 4 is 17.4 Å². The first kappa shape index (κ1) is 17.3. The summed E-state index contributed by atoms with van der Waals surface area (Å²) in [6.07, 6.45) is -4.61. The maximum absolute atomic E-state index is 13.1. The first-order valence-corrected chi connectivity index (χ1v) is 9.14. The molecular weight excluding hydrogens is 401 g/mol. The van der Waals surface area contributed by atoms with Crippen LogP contribution in [0.1, 0.15) is 22.5 Å². The Morgan fingerprint density at radius 1 is 1.03 bits per heavy atom. The quantitative estimate of drug-likeness (QED) is 0.532. The van der Waals surface area contributed by atoms with Gasteiger partial charge < -0.3 is 24.3 Å². The number of anilines is 1. The van der Waals surface area contributed by atoms with Crippen LogP contribution in [0.3, 0.4) is 0 Å². The molecule has 3 aliphatic heterocycles. The van der Waals surface area contributed by atoms with Crippen molar-refractivity contribution in [2.24, 2.45) is 4.99 Å². The Kier molecular flexibility index (Phi) is 3.05. The summed E-state index contributed by atoms with van der Waals surface area (Å²) in [5, 5.41) is 20.0. The van der Waals surface area contributed by atoms with Gasteiger partial charge in [0, 0.05) is 22.9 Å². The number of rotatable bonds is 0. The average Bonchev–Trinajstić information content (AvgIpc) is 3.36. The van der Waals surface area contributed by atoms with Crippen molar-refractivity contribution in [1.82, 2.24) is 0 Å². The molecule has 30 heavy (non-hydrogen) atoms. The fourth-order valence-electron chi connectivity index (χ4n) is 4.57. The van der Waals surface area contributed by atoms with E-state index in [1.807, 2.05) is 29.2 Å². The van der Waals surface area contributed by atoms with E-state index >= 15 is 0 Å². The van der Waals surface area contributed by atoms with Gasteiger partial charge in [-0.25, -0.2) is 0 Å². The minimum Gasteiger partial charge on any atom is -0.504 e. The first-order valence-electron chi connectivity index (χ1n) is 9.14. The van der Waals surface area contributed by atoms with Gasteiger partial charge >= 0.3 is 6.18 Å². The zero-order valence-electron chi connectivity index (χ0n) is 15.2. The molecule has 1 unspecified atom stereocenters. The first-order chi connectivity index (χ1) is 14.3. The number of ether oxygens (including phenoxy) is 1. The summed E-state index contributed by atoms with van der Waals surface area (Å²) in [7, 11) is 0. The highest BCUT2D eigenvalue weighted by molar-refractivity contribution is 6.16. The van der Waals surface area contributed by atoms with Crippen molar-refractivity contribution < 1.29 is 32.5 Å². The molecule has 1 spiro atoms. The van der Waals surface area contributed by atoms with Crippen LogP contribution < -0.4 is 9.64 Å². The lowest BCUT2D eigenvalue weighted by molar-refractivity contribution is -0.152. The molecule has 1 aromatic heterocycles. The topological polar surface area (TPSA) is 78.4 Å². The number of alkyl halides is 3. The van der Waals surface area contributed by atoms with Crippen molar-refractivity contribution in [3.63, 3.8) is 0 Å². The predicted molar refractivity (Wildman–Crippen MR) is 99.5 cm³/mol. The van der Waals surface area contributed by atoms with Crippen molar-refractivity contribution in [2.75, 3.05) is 11.5 Å². The van der Waals surface area contributed by atoms with Crippen LogP contribution >= 0.6 is 0 Å². The summed E-state index contributed by atoms with van der Waals surface area (Å²) in [5.41, 5.74) is 1.62. The number of amidine groups is 1. The smallest absolute Gasteiger partial charge is 0.449 e. The van der Waals surface area contributed by atoms with Gasteiger partial charge in [0.15, 0.2) is 11.5 Å². The van der Waals surface area contributed by atoms with Gasteiger partial charge in [0.2, 0.25) is 11.6 Å². The highest BCUT2D eigenvalue weighted by Gasteiger charge is 2.56. The summed E-state index contributed by atoms with van der Waals surface area (Å²) in [4.78, 5) is 6.34. The summed E-state index contributed by atoms with van der Waals surface area (Å²) in [6.45, 7) is 0.283.